The number of nitrogens with zero attached hydrogens (tertiary/aromatic N) is 7. The molecule has 0 N–H and O–H groups in total. The number of aryl methyl sites for hydroxylation is 1. The van der Waals surface area contributed by atoms with Crippen LogP contribution in [0.4, 0.5) is 0 Å². The van der Waals surface area contributed by atoms with Gasteiger partial charge in [-0.2, -0.15) is 10.2 Å². The van der Waals surface area contributed by atoms with Crippen molar-refractivity contribution >= 4 is 17.6 Å². The molecule has 0 aliphatic carbocycles. The molecule has 0 amide bonds. The van der Waals surface area contributed by atoms with Gasteiger partial charge in [0, 0.05) is 31.4 Å². The van der Waals surface area contributed by atoms with Crippen LogP contribution in [-0.2, 0) is 13.5 Å². The largest absolute Gasteiger partial charge is 0.297 e. The Bertz CT molecular complexity index is 1290. The molecule has 0 radical (unpaired) electrons. The van der Waals surface area contributed by atoms with E-state index in [4.69, 9.17) is 5.10 Å². The van der Waals surface area contributed by atoms with E-state index >= 15 is 0 Å². The summed E-state index contributed by atoms with van der Waals surface area (Å²) in [7, 11) is 1.88. The highest BCUT2D eigenvalue weighted by Crippen LogP contribution is 2.18. The SMILES string of the molecule is Cn1cc(-c2ccc3ncc(Cc4ccc5ncc(C=O)n5c4)n3n2)cn1. The third-order valence-electron chi connectivity index (χ3n) is 4.54. The molecule has 0 saturated heterocycles. The highest BCUT2D eigenvalue weighted by molar-refractivity contribution is 5.73. The van der Waals surface area contributed by atoms with E-state index in [1.165, 1.54) is 0 Å². The maximum absolute atomic E-state index is 11.2. The van der Waals surface area contributed by atoms with Crippen LogP contribution in [0, 0.1) is 0 Å². The van der Waals surface area contributed by atoms with Crippen molar-refractivity contribution < 1.29 is 4.79 Å². The van der Waals surface area contributed by atoms with Gasteiger partial charge in [-0.15, -0.1) is 0 Å². The van der Waals surface area contributed by atoms with Gasteiger partial charge in [-0.05, 0) is 23.8 Å². The molecule has 8 nitrogen and oxygen atoms in total. The number of aldehydes is 1. The summed E-state index contributed by atoms with van der Waals surface area (Å²) in [6, 6.07) is 7.79. The quantitative estimate of drug-likeness (QED) is 0.461. The van der Waals surface area contributed by atoms with Gasteiger partial charge < -0.3 is 0 Å². The third kappa shape index (κ3) is 2.58. The van der Waals surface area contributed by atoms with E-state index < -0.39 is 0 Å². The predicted molar refractivity (Wildman–Crippen MR) is 98.6 cm³/mol. The third-order valence-corrected chi connectivity index (χ3v) is 4.54. The van der Waals surface area contributed by atoms with Crippen molar-refractivity contribution in [3.8, 4) is 11.3 Å². The topological polar surface area (TPSA) is 82.4 Å². The summed E-state index contributed by atoms with van der Waals surface area (Å²) >= 11 is 0. The van der Waals surface area contributed by atoms with Gasteiger partial charge in [-0.1, -0.05) is 6.07 Å². The lowest BCUT2D eigenvalue weighted by Gasteiger charge is -2.05. The van der Waals surface area contributed by atoms with Crippen LogP contribution in [0.3, 0.4) is 0 Å². The average Bonchev–Trinajstić information content (AvgIpc) is 3.40. The monoisotopic (exact) mass is 357 g/mol. The highest BCUT2D eigenvalue weighted by Gasteiger charge is 2.10. The molecule has 0 aromatic carbocycles. The van der Waals surface area contributed by atoms with Crippen LogP contribution in [0.2, 0.25) is 0 Å². The molecule has 0 aliphatic heterocycles. The molecule has 0 aliphatic rings. The molecule has 5 aromatic rings. The van der Waals surface area contributed by atoms with E-state index in [-0.39, 0.29) is 0 Å². The molecule has 5 rings (SSSR count). The van der Waals surface area contributed by atoms with Gasteiger partial charge in [-0.25, -0.2) is 14.5 Å². The fraction of sp³-hybridized carbons (Fsp3) is 0.105. The summed E-state index contributed by atoms with van der Waals surface area (Å²) < 4.78 is 5.39. The van der Waals surface area contributed by atoms with Crippen molar-refractivity contribution in [1.82, 2.24) is 33.8 Å². The molecule has 0 fully saturated rings. The summed E-state index contributed by atoms with van der Waals surface area (Å²) in [4.78, 5) is 19.8. The van der Waals surface area contributed by atoms with Gasteiger partial charge in [0.25, 0.3) is 0 Å². The number of aromatic nitrogens is 7. The average molecular weight is 357 g/mol. The molecule has 5 heterocycles. The molecule has 8 heteroatoms. The Morgan fingerprint density at radius 2 is 1.85 bits per heavy atom. The zero-order valence-corrected chi connectivity index (χ0v) is 14.5. The molecule has 132 valence electrons. The van der Waals surface area contributed by atoms with Crippen molar-refractivity contribution in [2.45, 2.75) is 6.42 Å². The standard InChI is InChI=1S/C19H15N7O/c1-24-11-14(7-22-24)17-3-5-19-21-8-15(26(19)23-17)6-13-2-4-18-20-9-16(12-27)25(18)10-13/h2-5,7-12H,6H2,1H3. The summed E-state index contributed by atoms with van der Waals surface area (Å²) in [5.74, 6) is 0. The van der Waals surface area contributed by atoms with Crippen molar-refractivity contribution in [3.63, 3.8) is 0 Å². The molecule has 0 saturated carbocycles. The Morgan fingerprint density at radius 3 is 2.67 bits per heavy atom. The van der Waals surface area contributed by atoms with Gasteiger partial charge in [-0.3, -0.25) is 13.9 Å². The lowest BCUT2D eigenvalue weighted by molar-refractivity contribution is 0.111. The number of hydrogen-bond acceptors (Lipinski definition) is 5. The molecule has 0 atom stereocenters. The number of carbonyl (C=O) groups excluding carboxylic acids is 1. The van der Waals surface area contributed by atoms with Crippen LogP contribution in [0.15, 0.2) is 55.2 Å². The second kappa shape index (κ2) is 5.87. The molecular formula is C19H15N7O. The van der Waals surface area contributed by atoms with E-state index in [2.05, 4.69) is 15.1 Å². The number of fused-ring (bicyclic) bond motifs is 2. The maximum atomic E-state index is 11.2. The van der Waals surface area contributed by atoms with Gasteiger partial charge in [0.05, 0.1) is 30.0 Å². The zero-order valence-electron chi connectivity index (χ0n) is 14.5. The first kappa shape index (κ1) is 15.4. The number of imidazole rings is 2. The van der Waals surface area contributed by atoms with E-state index in [1.807, 2.05) is 54.4 Å². The first-order valence-electron chi connectivity index (χ1n) is 8.45. The molecular weight excluding hydrogens is 342 g/mol. The van der Waals surface area contributed by atoms with E-state index in [0.29, 0.717) is 12.1 Å². The number of hydrogen-bond donors (Lipinski definition) is 0. The van der Waals surface area contributed by atoms with Crippen molar-refractivity contribution in [2.24, 2.45) is 7.05 Å². The zero-order chi connectivity index (χ0) is 18.4. The molecule has 5 aromatic heterocycles. The van der Waals surface area contributed by atoms with Crippen LogP contribution in [0.25, 0.3) is 22.6 Å². The van der Waals surface area contributed by atoms with E-state index in [0.717, 1.165) is 40.1 Å². The van der Waals surface area contributed by atoms with E-state index in [1.54, 1.807) is 21.5 Å². The summed E-state index contributed by atoms with van der Waals surface area (Å²) in [5.41, 5.74) is 5.85. The summed E-state index contributed by atoms with van der Waals surface area (Å²) in [6.45, 7) is 0. The second-order valence-corrected chi connectivity index (χ2v) is 6.38. The van der Waals surface area contributed by atoms with E-state index in [9.17, 15) is 4.79 Å². The fourth-order valence-corrected chi connectivity index (χ4v) is 3.19. The fourth-order valence-electron chi connectivity index (χ4n) is 3.19. The van der Waals surface area contributed by atoms with Crippen LogP contribution in [-0.4, -0.2) is 40.0 Å². The van der Waals surface area contributed by atoms with Gasteiger partial charge in [0.2, 0.25) is 0 Å². The first-order chi connectivity index (χ1) is 13.2. The molecule has 0 bridgehead atoms. The molecule has 27 heavy (non-hydrogen) atoms. The van der Waals surface area contributed by atoms with Crippen molar-refractivity contribution in [3.05, 3.63) is 72.2 Å². The number of pyridine rings is 1. The summed E-state index contributed by atoms with van der Waals surface area (Å²) in [5, 5.41) is 8.93. The van der Waals surface area contributed by atoms with Crippen LogP contribution >= 0.6 is 0 Å². The normalized spacial score (nSPS) is 11.4. The first-order valence-corrected chi connectivity index (χ1v) is 8.45. The predicted octanol–water partition coefficient (Wildman–Crippen LogP) is 2.18. The lowest BCUT2D eigenvalue weighted by atomic mass is 10.1. The van der Waals surface area contributed by atoms with Crippen LogP contribution in [0.1, 0.15) is 21.7 Å². The van der Waals surface area contributed by atoms with Crippen LogP contribution < -0.4 is 0 Å². The van der Waals surface area contributed by atoms with Crippen molar-refractivity contribution in [2.75, 3.05) is 0 Å². The Kier molecular flexibility index (Phi) is 3.36. The van der Waals surface area contributed by atoms with Gasteiger partial charge in [0.1, 0.15) is 11.3 Å². The molecule has 0 unspecified atom stereocenters. The minimum Gasteiger partial charge on any atom is -0.297 e. The maximum Gasteiger partial charge on any atom is 0.168 e. The van der Waals surface area contributed by atoms with Gasteiger partial charge in [0.15, 0.2) is 11.9 Å². The lowest BCUT2D eigenvalue weighted by Crippen LogP contribution is -2.01. The Labute approximate surface area is 153 Å². The minimum atomic E-state index is 0.530. The highest BCUT2D eigenvalue weighted by atomic mass is 16.1. The number of rotatable bonds is 4. The molecule has 0 spiro atoms. The Morgan fingerprint density at radius 1 is 1.00 bits per heavy atom. The minimum absolute atomic E-state index is 0.530. The Hall–Kier alpha value is -3.81. The van der Waals surface area contributed by atoms with Crippen LogP contribution in [0.5, 0.6) is 0 Å². The van der Waals surface area contributed by atoms with Crippen molar-refractivity contribution in [1.29, 1.82) is 0 Å². The number of carbonyl (C=O) groups is 1. The Balaban J connectivity index is 1.55. The smallest absolute Gasteiger partial charge is 0.168 e. The van der Waals surface area contributed by atoms with Gasteiger partial charge >= 0.3 is 0 Å². The summed E-state index contributed by atoms with van der Waals surface area (Å²) in [6.07, 6.45) is 10.5. The second-order valence-electron chi connectivity index (χ2n) is 6.38.